The lowest BCUT2D eigenvalue weighted by atomic mass is 10.0. The number of hydrogen-bond acceptors (Lipinski definition) is 6. The minimum Gasteiger partial charge on any atom is -0.445 e. The third kappa shape index (κ3) is 4.90. The van der Waals surface area contributed by atoms with Crippen molar-refractivity contribution in [2.45, 2.75) is 25.8 Å². The molecule has 1 atom stereocenters. The quantitative estimate of drug-likeness (QED) is 0.551. The third-order valence-corrected chi connectivity index (χ3v) is 5.63. The Hall–Kier alpha value is -3.65. The molecule has 1 amide bonds. The molecule has 1 saturated heterocycles. The molecule has 1 aliphatic heterocycles. The van der Waals surface area contributed by atoms with E-state index in [0.29, 0.717) is 12.0 Å². The lowest BCUT2D eigenvalue weighted by Crippen LogP contribution is -2.36. The monoisotopic (exact) mass is 449 g/mol. The van der Waals surface area contributed by atoms with Crippen molar-refractivity contribution >= 4 is 28.9 Å². The molecule has 1 unspecified atom stereocenters. The van der Waals surface area contributed by atoms with Gasteiger partial charge in [-0.15, -0.1) is 5.06 Å². The molecule has 0 N–H and O–H groups in total. The molecule has 0 aliphatic carbocycles. The van der Waals surface area contributed by atoms with Crippen LogP contribution in [0.15, 0.2) is 54.7 Å². The number of rotatable bonds is 7. The first-order chi connectivity index (χ1) is 15.8. The van der Waals surface area contributed by atoms with Gasteiger partial charge in [-0.3, -0.25) is 14.2 Å². The van der Waals surface area contributed by atoms with E-state index in [1.807, 2.05) is 68.8 Å². The van der Waals surface area contributed by atoms with Gasteiger partial charge < -0.3 is 14.5 Å². The van der Waals surface area contributed by atoms with E-state index in [9.17, 15) is 14.4 Å². The number of amides is 1. The number of aromatic nitrogens is 1. The van der Waals surface area contributed by atoms with Crippen LogP contribution in [0.5, 0.6) is 0 Å². The van der Waals surface area contributed by atoms with Gasteiger partial charge in [0, 0.05) is 30.6 Å². The minimum atomic E-state index is -0.664. The summed E-state index contributed by atoms with van der Waals surface area (Å²) >= 11 is 0. The normalized spacial score (nSPS) is 15.8. The average molecular weight is 450 g/mol. The predicted octanol–water partition coefficient (Wildman–Crippen LogP) is 3.28. The number of benzene rings is 2. The Kier molecular flexibility index (Phi) is 6.46. The molecule has 8 heteroatoms. The van der Waals surface area contributed by atoms with Crippen molar-refractivity contribution in [1.82, 2.24) is 14.5 Å². The number of carbonyl (C=O) groups excluding carboxylic acids is 3. The molecule has 1 fully saturated rings. The summed E-state index contributed by atoms with van der Waals surface area (Å²) in [5, 5.41) is 1.99. The van der Waals surface area contributed by atoms with Crippen molar-refractivity contribution in [3.8, 4) is 0 Å². The van der Waals surface area contributed by atoms with E-state index in [4.69, 9.17) is 9.57 Å². The number of hydroxylamine groups is 2. The van der Waals surface area contributed by atoms with Gasteiger partial charge in [-0.25, -0.2) is 4.79 Å². The Morgan fingerprint density at radius 2 is 1.91 bits per heavy atom. The number of cyclic esters (lactones) is 1. The maximum absolute atomic E-state index is 13.2. The number of hydrogen-bond donors (Lipinski definition) is 0. The molecule has 0 saturated carbocycles. The SMILES string of the molecule is CC(=O)ON1C(=O)OCC1Cc1ccc2c(c1)c(CCN(C)C)cn2C(=O)c1ccccc1. The summed E-state index contributed by atoms with van der Waals surface area (Å²) in [5.74, 6) is -0.656. The van der Waals surface area contributed by atoms with Gasteiger partial charge in [0.2, 0.25) is 0 Å². The van der Waals surface area contributed by atoms with Crippen LogP contribution in [0.4, 0.5) is 4.79 Å². The van der Waals surface area contributed by atoms with Crippen LogP contribution in [-0.2, 0) is 27.2 Å². The van der Waals surface area contributed by atoms with Crippen LogP contribution < -0.4 is 0 Å². The van der Waals surface area contributed by atoms with Crippen molar-refractivity contribution < 1.29 is 24.0 Å². The second-order valence-corrected chi connectivity index (χ2v) is 8.44. The van der Waals surface area contributed by atoms with Crippen LogP contribution in [0.2, 0.25) is 0 Å². The summed E-state index contributed by atoms with van der Waals surface area (Å²) in [5.41, 5.74) is 3.48. The lowest BCUT2D eigenvalue weighted by Gasteiger charge is -2.19. The van der Waals surface area contributed by atoms with Crippen LogP contribution in [0, 0.1) is 0 Å². The van der Waals surface area contributed by atoms with Gasteiger partial charge >= 0.3 is 12.1 Å². The molecule has 2 aromatic carbocycles. The first-order valence-corrected chi connectivity index (χ1v) is 10.9. The van der Waals surface area contributed by atoms with Crippen LogP contribution >= 0.6 is 0 Å². The fourth-order valence-electron chi connectivity index (χ4n) is 4.02. The smallest absolute Gasteiger partial charge is 0.443 e. The van der Waals surface area contributed by atoms with E-state index in [-0.39, 0.29) is 12.5 Å². The van der Waals surface area contributed by atoms with Gasteiger partial charge in [-0.1, -0.05) is 24.3 Å². The molecule has 1 aliphatic rings. The minimum absolute atomic E-state index is 0.0831. The largest absolute Gasteiger partial charge is 0.445 e. The number of nitrogens with zero attached hydrogens (tertiary/aromatic N) is 3. The maximum atomic E-state index is 13.2. The highest BCUT2D eigenvalue weighted by molar-refractivity contribution is 6.03. The summed E-state index contributed by atoms with van der Waals surface area (Å²) in [6.07, 6.45) is 2.50. The van der Waals surface area contributed by atoms with Crippen LogP contribution in [0.25, 0.3) is 10.9 Å². The molecule has 3 aromatic rings. The molecule has 0 spiro atoms. The van der Waals surface area contributed by atoms with E-state index < -0.39 is 18.1 Å². The van der Waals surface area contributed by atoms with Crippen molar-refractivity contribution in [2.24, 2.45) is 0 Å². The highest BCUT2D eigenvalue weighted by Gasteiger charge is 2.36. The standard InChI is InChI=1S/C25H27N3O5/c1-17(29)33-28-21(16-32-25(28)31)13-18-9-10-23-22(14-18)20(11-12-26(2)3)15-27(23)24(30)19-7-5-4-6-8-19/h4-10,14-15,21H,11-13,16H2,1-3H3. The molecule has 4 rings (SSSR count). The zero-order chi connectivity index (χ0) is 23.5. The highest BCUT2D eigenvalue weighted by Crippen LogP contribution is 2.27. The fourth-order valence-corrected chi connectivity index (χ4v) is 4.02. The zero-order valence-electron chi connectivity index (χ0n) is 19.0. The summed E-state index contributed by atoms with van der Waals surface area (Å²) in [6.45, 7) is 2.23. The molecular weight excluding hydrogens is 422 g/mol. The van der Waals surface area contributed by atoms with Crippen LogP contribution in [0.1, 0.15) is 28.4 Å². The molecule has 0 radical (unpaired) electrons. The Balaban J connectivity index is 1.68. The summed E-state index contributed by atoms with van der Waals surface area (Å²) in [7, 11) is 4.03. The van der Waals surface area contributed by atoms with E-state index in [2.05, 4.69) is 4.90 Å². The van der Waals surface area contributed by atoms with Gasteiger partial charge in [-0.05, 0) is 62.3 Å². The Labute approximate surface area is 192 Å². The van der Waals surface area contributed by atoms with Crippen molar-refractivity contribution in [2.75, 3.05) is 27.2 Å². The summed E-state index contributed by atoms with van der Waals surface area (Å²) < 4.78 is 6.77. The molecule has 2 heterocycles. The number of carbonyl (C=O) groups is 3. The number of fused-ring (bicyclic) bond motifs is 1. The average Bonchev–Trinajstić information content (AvgIpc) is 3.32. The van der Waals surface area contributed by atoms with Gasteiger partial charge in [-0.2, -0.15) is 0 Å². The summed E-state index contributed by atoms with van der Waals surface area (Å²) in [4.78, 5) is 43.6. The highest BCUT2D eigenvalue weighted by atomic mass is 16.8. The molecule has 8 nitrogen and oxygen atoms in total. The number of ether oxygens (including phenoxy) is 1. The van der Waals surface area contributed by atoms with E-state index in [1.54, 1.807) is 4.57 Å². The lowest BCUT2D eigenvalue weighted by molar-refractivity contribution is -0.177. The van der Waals surface area contributed by atoms with Gasteiger partial charge in [0.15, 0.2) is 0 Å². The second-order valence-electron chi connectivity index (χ2n) is 8.44. The van der Waals surface area contributed by atoms with Gasteiger partial charge in [0.1, 0.15) is 12.6 Å². The molecule has 0 bridgehead atoms. The summed E-state index contributed by atoms with van der Waals surface area (Å²) in [6, 6.07) is 14.7. The molecule has 33 heavy (non-hydrogen) atoms. The van der Waals surface area contributed by atoms with Gasteiger partial charge in [0.05, 0.1) is 5.52 Å². The van der Waals surface area contributed by atoms with Gasteiger partial charge in [0.25, 0.3) is 5.91 Å². The maximum Gasteiger partial charge on any atom is 0.443 e. The van der Waals surface area contributed by atoms with Crippen molar-refractivity contribution in [3.05, 3.63) is 71.4 Å². The Bertz CT molecular complexity index is 1190. The first-order valence-electron chi connectivity index (χ1n) is 10.9. The van der Waals surface area contributed by atoms with Crippen molar-refractivity contribution in [1.29, 1.82) is 0 Å². The predicted molar refractivity (Wildman–Crippen MR) is 123 cm³/mol. The van der Waals surface area contributed by atoms with Crippen LogP contribution in [0.3, 0.4) is 0 Å². The molecule has 172 valence electrons. The zero-order valence-corrected chi connectivity index (χ0v) is 19.0. The first kappa shape index (κ1) is 22.5. The van der Waals surface area contributed by atoms with E-state index >= 15 is 0 Å². The molecular formula is C25H27N3O5. The Morgan fingerprint density at radius 3 is 2.61 bits per heavy atom. The third-order valence-electron chi connectivity index (χ3n) is 5.63. The van der Waals surface area contributed by atoms with Crippen molar-refractivity contribution in [3.63, 3.8) is 0 Å². The second kappa shape index (κ2) is 9.46. The van der Waals surface area contributed by atoms with Crippen LogP contribution in [-0.4, -0.2) is 65.8 Å². The molecule has 1 aromatic heterocycles. The fraction of sp³-hybridized carbons (Fsp3) is 0.320. The van der Waals surface area contributed by atoms with E-state index in [1.165, 1.54) is 6.92 Å². The van der Waals surface area contributed by atoms with E-state index in [0.717, 1.165) is 40.1 Å². The Morgan fingerprint density at radius 1 is 1.15 bits per heavy atom. The topological polar surface area (TPSA) is 81.1 Å². The number of likely N-dealkylation sites (N-methyl/N-ethyl adjacent to an activating group) is 1.